The molecule has 0 aliphatic rings. The molecule has 0 radical (unpaired) electrons. The van der Waals surface area contributed by atoms with Crippen LogP contribution in [0, 0.1) is 10.1 Å². The number of nitrogens with zero attached hydrogens (tertiary/aromatic N) is 2. The van der Waals surface area contributed by atoms with Crippen molar-refractivity contribution in [2.45, 2.75) is 26.2 Å². The lowest BCUT2D eigenvalue weighted by Gasteiger charge is -2.19. The molecule has 2 N–H and O–H groups in total. The number of nitro groups is 1. The van der Waals surface area contributed by atoms with Crippen molar-refractivity contribution in [2.75, 3.05) is 5.43 Å². The molecule has 2 rings (SSSR count). The summed E-state index contributed by atoms with van der Waals surface area (Å²) in [4.78, 5) is 10.5. The Morgan fingerprint density at radius 1 is 1.22 bits per heavy atom. The van der Waals surface area contributed by atoms with Crippen LogP contribution in [0.15, 0.2) is 47.6 Å². The lowest BCUT2D eigenvalue weighted by Crippen LogP contribution is -2.12. The highest BCUT2D eigenvalue weighted by molar-refractivity contribution is 5.86. The molecule has 6 nitrogen and oxygen atoms in total. The quantitative estimate of drug-likeness (QED) is 0.506. The van der Waals surface area contributed by atoms with Gasteiger partial charge < -0.3 is 5.11 Å². The number of phenolic OH excluding ortho intramolecular Hbond substituents is 1. The van der Waals surface area contributed by atoms with E-state index in [4.69, 9.17) is 0 Å². The molecule has 0 fully saturated rings. The van der Waals surface area contributed by atoms with E-state index in [2.05, 4.69) is 10.5 Å². The van der Waals surface area contributed by atoms with Crippen molar-refractivity contribution in [2.24, 2.45) is 5.10 Å². The van der Waals surface area contributed by atoms with E-state index in [1.807, 2.05) is 51.1 Å². The van der Waals surface area contributed by atoms with Gasteiger partial charge in [0.05, 0.1) is 16.8 Å². The van der Waals surface area contributed by atoms with Gasteiger partial charge in [0.15, 0.2) is 0 Å². The van der Waals surface area contributed by atoms with Crippen molar-refractivity contribution in [3.63, 3.8) is 0 Å². The zero-order valence-electron chi connectivity index (χ0n) is 13.3. The minimum absolute atomic E-state index is 0.284. The topological polar surface area (TPSA) is 87.8 Å². The van der Waals surface area contributed by atoms with Gasteiger partial charge in [0.1, 0.15) is 0 Å². The van der Waals surface area contributed by atoms with Crippen molar-refractivity contribution in [1.82, 2.24) is 0 Å². The van der Waals surface area contributed by atoms with E-state index in [-0.39, 0.29) is 16.9 Å². The number of phenols is 1. The third kappa shape index (κ3) is 4.06. The van der Waals surface area contributed by atoms with Gasteiger partial charge in [-0.3, -0.25) is 15.5 Å². The highest BCUT2D eigenvalue weighted by Gasteiger charge is 2.23. The molecule has 120 valence electrons. The predicted molar refractivity (Wildman–Crippen MR) is 91.1 cm³/mol. The van der Waals surface area contributed by atoms with Crippen molar-refractivity contribution in [1.29, 1.82) is 0 Å². The molecule has 0 saturated heterocycles. The van der Waals surface area contributed by atoms with E-state index in [0.29, 0.717) is 5.56 Å². The van der Waals surface area contributed by atoms with Crippen molar-refractivity contribution in [3.05, 3.63) is 63.7 Å². The SMILES string of the molecule is CC(C)(C)c1cc(C=NNc2ccccc2)c(O)c([N+](=O)[O-])c1. The molecule has 0 amide bonds. The van der Waals surface area contributed by atoms with E-state index < -0.39 is 4.92 Å². The molecule has 23 heavy (non-hydrogen) atoms. The van der Waals surface area contributed by atoms with Gasteiger partial charge in [-0.2, -0.15) is 5.10 Å². The molecule has 6 heteroatoms. The minimum atomic E-state index is -0.591. The molecular formula is C17H19N3O3. The maximum atomic E-state index is 11.1. The van der Waals surface area contributed by atoms with Gasteiger partial charge in [0, 0.05) is 11.6 Å². The lowest BCUT2D eigenvalue weighted by atomic mass is 9.85. The number of nitro benzene ring substituents is 1. The largest absolute Gasteiger partial charge is 0.502 e. The lowest BCUT2D eigenvalue weighted by molar-refractivity contribution is -0.386. The van der Waals surface area contributed by atoms with E-state index in [9.17, 15) is 15.2 Å². The number of benzene rings is 2. The molecule has 2 aromatic rings. The van der Waals surface area contributed by atoms with E-state index in [1.165, 1.54) is 12.3 Å². The van der Waals surface area contributed by atoms with Crippen LogP contribution in [0.2, 0.25) is 0 Å². The van der Waals surface area contributed by atoms with E-state index >= 15 is 0 Å². The second-order valence-electron chi connectivity index (χ2n) is 6.18. The number of aromatic hydroxyl groups is 1. The number of hydrogen-bond acceptors (Lipinski definition) is 5. The molecule has 0 spiro atoms. The Labute approximate surface area is 134 Å². The van der Waals surface area contributed by atoms with Gasteiger partial charge >= 0.3 is 5.69 Å². The standard InChI is InChI=1S/C17H19N3O3/c1-17(2,3)13-9-12(16(21)15(10-13)20(22)23)11-18-19-14-7-5-4-6-8-14/h4-11,19,21H,1-3H3. The Balaban J connectivity index is 2.37. The number of anilines is 1. The van der Waals surface area contributed by atoms with Crippen LogP contribution in [0.5, 0.6) is 5.75 Å². The summed E-state index contributed by atoms with van der Waals surface area (Å²) in [5.74, 6) is -0.387. The first-order chi connectivity index (χ1) is 10.8. The first kappa shape index (κ1) is 16.5. The van der Waals surface area contributed by atoms with Crippen LogP contribution >= 0.6 is 0 Å². The van der Waals surface area contributed by atoms with E-state index in [1.54, 1.807) is 6.07 Å². The Morgan fingerprint density at radius 3 is 2.43 bits per heavy atom. The number of hydrogen-bond donors (Lipinski definition) is 2. The van der Waals surface area contributed by atoms with Gasteiger partial charge in [-0.25, -0.2) is 0 Å². The highest BCUT2D eigenvalue weighted by atomic mass is 16.6. The van der Waals surface area contributed by atoms with Crippen LogP contribution < -0.4 is 5.43 Å². The summed E-state index contributed by atoms with van der Waals surface area (Å²) in [5, 5.41) is 25.3. The Bertz CT molecular complexity index is 735. The van der Waals surface area contributed by atoms with Gasteiger partial charge in [0.25, 0.3) is 0 Å². The molecule has 2 aromatic carbocycles. The highest BCUT2D eigenvalue weighted by Crippen LogP contribution is 2.35. The minimum Gasteiger partial charge on any atom is -0.502 e. The van der Waals surface area contributed by atoms with Gasteiger partial charge in [-0.15, -0.1) is 0 Å². The summed E-state index contributed by atoms with van der Waals surface area (Å²) in [6, 6.07) is 12.4. The summed E-state index contributed by atoms with van der Waals surface area (Å²) in [6.45, 7) is 5.85. The van der Waals surface area contributed by atoms with Crippen LogP contribution in [0.3, 0.4) is 0 Å². The Hall–Kier alpha value is -2.89. The van der Waals surface area contributed by atoms with Crippen LogP contribution in [-0.2, 0) is 5.41 Å². The summed E-state index contributed by atoms with van der Waals surface area (Å²) < 4.78 is 0. The smallest absolute Gasteiger partial charge is 0.311 e. The zero-order chi connectivity index (χ0) is 17.0. The van der Waals surface area contributed by atoms with Gasteiger partial charge in [-0.05, 0) is 29.2 Å². The summed E-state index contributed by atoms with van der Waals surface area (Å²) >= 11 is 0. The Kier molecular flexibility index (Phi) is 4.64. The number of rotatable bonds is 4. The van der Waals surface area contributed by atoms with Crippen LogP contribution in [0.25, 0.3) is 0 Å². The molecule has 0 aromatic heterocycles. The molecule has 0 aliphatic heterocycles. The molecule has 0 bridgehead atoms. The summed E-state index contributed by atoms with van der Waals surface area (Å²) in [6.07, 6.45) is 1.38. The van der Waals surface area contributed by atoms with Crippen molar-refractivity contribution >= 4 is 17.6 Å². The number of nitrogens with one attached hydrogen (secondary N) is 1. The fourth-order valence-corrected chi connectivity index (χ4v) is 2.00. The second kappa shape index (κ2) is 6.48. The molecule has 0 aliphatic carbocycles. The zero-order valence-corrected chi connectivity index (χ0v) is 13.3. The third-order valence-corrected chi connectivity index (χ3v) is 3.35. The molecular weight excluding hydrogens is 294 g/mol. The fourth-order valence-electron chi connectivity index (χ4n) is 2.00. The van der Waals surface area contributed by atoms with Gasteiger partial charge in [0.2, 0.25) is 5.75 Å². The summed E-state index contributed by atoms with van der Waals surface area (Å²) in [7, 11) is 0. The van der Waals surface area contributed by atoms with Gasteiger partial charge in [-0.1, -0.05) is 39.0 Å². The third-order valence-electron chi connectivity index (χ3n) is 3.35. The monoisotopic (exact) mass is 313 g/mol. The first-order valence-corrected chi connectivity index (χ1v) is 7.15. The maximum absolute atomic E-state index is 11.1. The first-order valence-electron chi connectivity index (χ1n) is 7.15. The molecule has 0 saturated carbocycles. The summed E-state index contributed by atoms with van der Waals surface area (Å²) in [5.41, 5.74) is 4.04. The van der Waals surface area contributed by atoms with Crippen molar-refractivity contribution < 1.29 is 10.0 Å². The van der Waals surface area contributed by atoms with Crippen LogP contribution in [-0.4, -0.2) is 16.2 Å². The van der Waals surface area contributed by atoms with Crippen LogP contribution in [0.1, 0.15) is 31.9 Å². The predicted octanol–water partition coefficient (Wildman–Crippen LogP) is 4.04. The van der Waals surface area contributed by atoms with Crippen molar-refractivity contribution in [3.8, 4) is 5.75 Å². The van der Waals surface area contributed by atoms with E-state index in [0.717, 1.165) is 11.3 Å². The average Bonchev–Trinajstić information content (AvgIpc) is 2.48. The second-order valence-corrected chi connectivity index (χ2v) is 6.18. The molecule has 0 heterocycles. The van der Waals surface area contributed by atoms with Crippen LogP contribution in [0.4, 0.5) is 11.4 Å². The number of hydrazone groups is 1. The normalized spacial score (nSPS) is 11.6. The fraction of sp³-hybridized carbons (Fsp3) is 0.235. The maximum Gasteiger partial charge on any atom is 0.311 e. The molecule has 0 atom stereocenters. The average molecular weight is 313 g/mol. The molecule has 0 unspecified atom stereocenters. The Morgan fingerprint density at radius 2 is 1.87 bits per heavy atom. The number of para-hydroxylation sites is 1.